The highest BCUT2D eigenvalue weighted by Gasteiger charge is 2.34. The molecule has 2 aliphatic heterocycles. The number of hydrogen-bond donors (Lipinski definition) is 1. The van der Waals surface area contributed by atoms with Gasteiger partial charge in [-0.1, -0.05) is 24.6 Å². The summed E-state index contributed by atoms with van der Waals surface area (Å²) in [6.45, 7) is 6.82. The second kappa shape index (κ2) is 12.8. The zero-order valence-electron chi connectivity index (χ0n) is 25.7. The third-order valence-corrected chi connectivity index (χ3v) is 11.0. The maximum absolute atomic E-state index is 16.6. The molecule has 232 valence electrons. The molecule has 2 saturated heterocycles. The number of nitrogens with zero attached hydrogens (tertiary/aromatic N) is 5. The highest BCUT2D eigenvalue weighted by Crippen LogP contribution is 2.48. The lowest BCUT2D eigenvalue weighted by Crippen LogP contribution is -2.21. The summed E-state index contributed by atoms with van der Waals surface area (Å²) in [5, 5.41) is 11.3. The normalized spacial score (nSPS) is 20.6. The molecule has 6 nitrogen and oxygen atoms in total. The zero-order valence-corrected chi connectivity index (χ0v) is 27.2. The molecular formula is C34H39ClF2N6S. The van der Waals surface area contributed by atoms with Gasteiger partial charge in [0.05, 0.1) is 21.0 Å². The number of aromatic nitrogens is 2. The van der Waals surface area contributed by atoms with E-state index in [4.69, 9.17) is 27.3 Å². The summed E-state index contributed by atoms with van der Waals surface area (Å²) in [5.74, 6) is 0.536. The number of rotatable bonds is 4. The van der Waals surface area contributed by atoms with Crippen LogP contribution in [-0.2, 0) is 19.3 Å². The Morgan fingerprint density at radius 1 is 1.07 bits per heavy atom. The Kier molecular flexibility index (Phi) is 9.07. The van der Waals surface area contributed by atoms with Gasteiger partial charge in [-0.3, -0.25) is 0 Å². The van der Waals surface area contributed by atoms with Gasteiger partial charge in [-0.15, -0.1) is 11.3 Å². The molecule has 3 aliphatic rings. The van der Waals surface area contributed by atoms with Gasteiger partial charge in [0.15, 0.2) is 5.82 Å². The van der Waals surface area contributed by atoms with Crippen molar-refractivity contribution in [1.82, 2.24) is 19.8 Å². The third-order valence-electron chi connectivity index (χ3n) is 9.56. The molecule has 44 heavy (non-hydrogen) atoms. The molecule has 0 saturated carbocycles. The van der Waals surface area contributed by atoms with E-state index in [-0.39, 0.29) is 31.4 Å². The zero-order chi connectivity index (χ0) is 31.1. The van der Waals surface area contributed by atoms with Crippen LogP contribution in [0.5, 0.6) is 0 Å². The number of aryl methyl sites for hydroxylation is 2. The number of likely N-dealkylation sites (tertiary alicyclic amines) is 2. The van der Waals surface area contributed by atoms with Crippen molar-refractivity contribution in [3.8, 4) is 17.2 Å². The average molecular weight is 637 g/mol. The molecular weight excluding hydrogens is 598 g/mol. The lowest BCUT2D eigenvalue weighted by Gasteiger charge is -2.22. The van der Waals surface area contributed by atoms with E-state index in [1.807, 2.05) is 0 Å². The van der Waals surface area contributed by atoms with Crippen LogP contribution in [0.2, 0.25) is 5.02 Å². The molecule has 0 amide bonds. The first-order valence-corrected chi connectivity index (χ1v) is 16.9. The van der Waals surface area contributed by atoms with Crippen LogP contribution in [-0.4, -0.2) is 60.0 Å². The Hall–Kier alpha value is -2.90. The monoisotopic (exact) mass is 636 g/mol. The Labute approximate surface area is 266 Å². The minimum absolute atomic E-state index is 0.140. The lowest BCUT2D eigenvalue weighted by molar-refractivity contribution is 0.302. The first kappa shape index (κ1) is 31.1. The predicted molar refractivity (Wildman–Crippen MR) is 176 cm³/mol. The number of nitrogens with two attached hydrogens (primary N) is 1. The predicted octanol–water partition coefficient (Wildman–Crippen LogP) is 7.62. The van der Waals surface area contributed by atoms with E-state index in [2.05, 4.69) is 36.9 Å². The molecule has 2 aromatic carbocycles. The van der Waals surface area contributed by atoms with E-state index in [0.29, 0.717) is 46.8 Å². The van der Waals surface area contributed by atoms with Gasteiger partial charge in [-0.05, 0) is 108 Å². The molecule has 4 heterocycles. The van der Waals surface area contributed by atoms with Crippen LogP contribution in [0.15, 0.2) is 12.1 Å². The van der Waals surface area contributed by atoms with Crippen molar-refractivity contribution in [2.24, 2.45) is 11.8 Å². The van der Waals surface area contributed by atoms with Crippen LogP contribution >= 0.6 is 22.9 Å². The maximum atomic E-state index is 16.6. The number of fused-ring (bicyclic) bond motifs is 1. The fourth-order valence-electron chi connectivity index (χ4n) is 7.28. The van der Waals surface area contributed by atoms with E-state index in [1.165, 1.54) is 38.1 Å². The Morgan fingerprint density at radius 3 is 2.48 bits per heavy atom. The third kappa shape index (κ3) is 5.66. The summed E-state index contributed by atoms with van der Waals surface area (Å²) in [5.41, 5.74) is 8.70. The smallest absolute Gasteiger partial charge is 0.158 e. The molecule has 4 aromatic rings. The van der Waals surface area contributed by atoms with Crippen LogP contribution in [0.1, 0.15) is 61.7 Å². The summed E-state index contributed by atoms with van der Waals surface area (Å²) >= 11 is 8.06. The fourth-order valence-corrected chi connectivity index (χ4v) is 8.61. The van der Waals surface area contributed by atoms with Gasteiger partial charge in [0.1, 0.15) is 28.2 Å². The number of thiophene rings is 1. The molecule has 0 bridgehead atoms. The van der Waals surface area contributed by atoms with E-state index in [9.17, 15) is 9.65 Å². The second-order valence-corrected chi connectivity index (χ2v) is 14.0. The molecule has 0 radical (unpaired) electrons. The van der Waals surface area contributed by atoms with Crippen molar-refractivity contribution in [3.63, 3.8) is 0 Å². The molecule has 10 heteroatoms. The van der Waals surface area contributed by atoms with Crippen molar-refractivity contribution >= 4 is 48.9 Å². The van der Waals surface area contributed by atoms with E-state index < -0.39 is 11.6 Å². The van der Waals surface area contributed by atoms with Gasteiger partial charge in [0, 0.05) is 29.3 Å². The highest BCUT2D eigenvalue weighted by atomic mass is 35.5. The topological polar surface area (TPSA) is 82.1 Å². The summed E-state index contributed by atoms with van der Waals surface area (Å²) < 4.78 is 31.6. The van der Waals surface area contributed by atoms with Crippen LogP contribution < -0.4 is 5.73 Å². The highest BCUT2D eigenvalue weighted by molar-refractivity contribution is 7.23. The number of anilines is 1. The summed E-state index contributed by atoms with van der Waals surface area (Å²) in [6, 6.07) is 4.86. The molecule has 7 rings (SSSR count). The van der Waals surface area contributed by atoms with Crippen molar-refractivity contribution in [2.75, 3.05) is 46.0 Å². The van der Waals surface area contributed by atoms with E-state index in [1.54, 1.807) is 0 Å². The van der Waals surface area contributed by atoms with Crippen molar-refractivity contribution in [1.29, 1.82) is 5.26 Å². The number of hydrogen-bond acceptors (Lipinski definition) is 7. The molecule has 0 spiro atoms. The first-order chi connectivity index (χ1) is 21.2. The first-order valence-electron chi connectivity index (χ1n) is 15.7. The van der Waals surface area contributed by atoms with Gasteiger partial charge in [-0.25, -0.2) is 18.7 Å². The van der Waals surface area contributed by atoms with Crippen LogP contribution in [0.25, 0.3) is 32.1 Å². The largest absolute Gasteiger partial charge is 0.389 e. The van der Waals surface area contributed by atoms with E-state index >= 15 is 4.39 Å². The fraction of sp³-hybridized carbons (Fsp3) is 0.500. The number of benzene rings is 2. The van der Waals surface area contributed by atoms with Crippen molar-refractivity contribution < 1.29 is 8.78 Å². The van der Waals surface area contributed by atoms with Crippen LogP contribution in [0.3, 0.4) is 0 Å². The summed E-state index contributed by atoms with van der Waals surface area (Å²) in [6.07, 6.45) is 7.83. The van der Waals surface area contributed by atoms with Gasteiger partial charge >= 0.3 is 0 Å². The minimum Gasteiger partial charge on any atom is -0.389 e. The van der Waals surface area contributed by atoms with Gasteiger partial charge < -0.3 is 15.5 Å². The van der Waals surface area contributed by atoms with Crippen molar-refractivity contribution in [2.45, 2.75) is 58.3 Å². The Morgan fingerprint density at radius 2 is 1.84 bits per heavy atom. The van der Waals surface area contributed by atoms with Crippen LogP contribution in [0, 0.1) is 34.8 Å². The molecule has 2 unspecified atom stereocenters. The quantitative estimate of drug-likeness (QED) is 0.248. The Bertz CT molecular complexity index is 1760. The average Bonchev–Trinajstić information content (AvgIpc) is 3.71. The number of halogens is 3. The number of nitrogen functional groups attached to an aromatic ring is 1. The van der Waals surface area contributed by atoms with E-state index in [0.717, 1.165) is 61.4 Å². The summed E-state index contributed by atoms with van der Waals surface area (Å²) in [7, 11) is 4.33. The van der Waals surface area contributed by atoms with Gasteiger partial charge in [0.25, 0.3) is 0 Å². The van der Waals surface area contributed by atoms with Gasteiger partial charge in [0.2, 0.25) is 0 Å². The summed E-state index contributed by atoms with van der Waals surface area (Å²) in [4.78, 5) is 14.4. The molecule has 2 fully saturated rings. The molecule has 1 aliphatic carbocycles. The van der Waals surface area contributed by atoms with Gasteiger partial charge in [-0.2, -0.15) is 5.26 Å². The minimum atomic E-state index is -0.560. The molecule has 2 aromatic heterocycles. The molecule has 2 N–H and O–H groups in total. The SMILES string of the molecule is CCCc1nc2c3c(c(Cl)c(-c4ccc(F)c5sc(N)c(C#N)c45)c(F)c3n1)CCC(C1CCN(C)C1)C2.CN1CCCC1. The second-order valence-electron chi connectivity index (χ2n) is 12.6. The number of nitriles is 1. The van der Waals surface area contributed by atoms with Crippen LogP contribution in [0.4, 0.5) is 13.8 Å². The Balaban J connectivity index is 0.000000513. The maximum Gasteiger partial charge on any atom is 0.158 e. The standard InChI is InChI=1S/C29H28ClF2N5S.C5H11N/c1-3-4-21-35-20-11-14(15-9-10-37(2)13-15)5-6-17-23(20)27(36-21)26(32)24(25(17)30)16-7-8-19(31)28-22(16)18(12-33)29(34)38-28;1-6-4-2-3-5-6/h7-8,14-15H,3-6,9-11,13,34H2,1-2H3;2-5H2,1H3. The lowest BCUT2D eigenvalue weighted by atomic mass is 9.85. The van der Waals surface area contributed by atoms with Crippen molar-refractivity contribution in [3.05, 3.63) is 51.4 Å². The molecule has 2 atom stereocenters.